The first kappa shape index (κ1) is 24.3. The van der Waals surface area contributed by atoms with Gasteiger partial charge < -0.3 is 15.2 Å². The number of benzene rings is 1. The van der Waals surface area contributed by atoms with E-state index < -0.39 is 6.04 Å². The maximum absolute atomic E-state index is 14.2. The van der Waals surface area contributed by atoms with Gasteiger partial charge in [-0.15, -0.1) is 0 Å². The third-order valence-corrected chi connectivity index (χ3v) is 7.70. The zero-order valence-electron chi connectivity index (χ0n) is 20.9. The van der Waals surface area contributed by atoms with Crippen LogP contribution in [0.4, 0.5) is 0 Å². The Kier molecular flexibility index (Phi) is 7.79. The summed E-state index contributed by atoms with van der Waals surface area (Å²) in [7, 11) is 0. The minimum Gasteiger partial charge on any atom is -0.351 e. The second-order valence-corrected chi connectivity index (χ2v) is 10.2. The summed E-state index contributed by atoms with van der Waals surface area (Å²) in [4.78, 5) is 37.5. The topological polar surface area (TPSA) is 78.1 Å². The van der Waals surface area contributed by atoms with Crippen molar-refractivity contribution >= 4 is 11.8 Å². The predicted octanol–water partition coefficient (Wildman–Crippen LogP) is 6.04. The molecule has 2 heterocycles. The average Bonchev–Trinajstić information content (AvgIpc) is 3.44. The molecular formula is C30H36N4O2. The zero-order chi connectivity index (χ0) is 24.7. The Balaban J connectivity index is 1.50. The fourth-order valence-corrected chi connectivity index (χ4v) is 5.81. The summed E-state index contributed by atoms with van der Waals surface area (Å²) in [6.07, 6.45) is 14.1. The number of nitrogens with zero attached hydrogens (tertiary/aromatic N) is 2. The van der Waals surface area contributed by atoms with Gasteiger partial charge in [0.25, 0.3) is 5.91 Å². The molecule has 6 nitrogen and oxygen atoms in total. The first-order chi connectivity index (χ1) is 17.7. The van der Waals surface area contributed by atoms with Crippen molar-refractivity contribution in [2.75, 3.05) is 0 Å². The average molecular weight is 485 g/mol. The van der Waals surface area contributed by atoms with Crippen molar-refractivity contribution in [1.82, 2.24) is 20.2 Å². The van der Waals surface area contributed by atoms with Crippen molar-refractivity contribution in [3.8, 4) is 11.3 Å². The number of hydrogen-bond donors (Lipinski definition) is 2. The van der Waals surface area contributed by atoms with Crippen molar-refractivity contribution in [3.05, 3.63) is 78.2 Å². The van der Waals surface area contributed by atoms with Gasteiger partial charge in [-0.3, -0.25) is 14.6 Å². The van der Waals surface area contributed by atoms with Crippen LogP contribution >= 0.6 is 0 Å². The highest BCUT2D eigenvalue weighted by molar-refractivity contribution is 5.97. The van der Waals surface area contributed by atoms with Crippen LogP contribution in [-0.4, -0.2) is 38.8 Å². The SMILES string of the molecule is O=C(NC1CCCCC1)C(c1ccncc1)N(C(=O)c1ccc(-c2ccccc2)[nH]1)C1CCCCC1. The number of amides is 2. The normalized spacial score (nSPS) is 17.9. The molecule has 3 aromatic rings. The van der Waals surface area contributed by atoms with Gasteiger partial charge in [0.1, 0.15) is 11.7 Å². The number of aromatic nitrogens is 2. The molecule has 6 heteroatoms. The highest BCUT2D eigenvalue weighted by atomic mass is 16.2. The van der Waals surface area contributed by atoms with Crippen molar-refractivity contribution in [3.63, 3.8) is 0 Å². The fraction of sp³-hybridized carbons (Fsp3) is 0.433. The molecule has 0 radical (unpaired) electrons. The number of carbonyl (C=O) groups excluding carboxylic acids is 2. The lowest BCUT2D eigenvalue weighted by molar-refractivity contribution is -0.127. The molecule has 188 valence electrons. The van der Waals surface area contributed by atoms with Crippen molar-refractivity contribution < 1.29 is 9.59 Å². The minimum absolute atomic E-state index is 0.0185. The minimum atomic E-state index is -0.686. The quantitative estimate of drug-likeness (QED) is 0.429. The number of hydrogen-bond acceptors (Lipinski definition) is 3. The zero-order valence-corrected chi connectivity index (χ0v) is 20.9. The van der Waals surface area contributed by atoms with Crippen LogP contribution in [0.3, 0.4) is 0 Å². The number of H-pyrrole nitrogens is 1. The summed E-state index contributed by atoms with van der Waals surface area (Å²) >= 11 is 0. The Labute approximate surface area is 213 Å². The molecule has 2 aliphatic carbocycles. The predicted molar refractivity (Wildman–Crippen MR) is 141 cm³/mol. The van der Waals surface area contributed by atoms with Crippen molar-refractivity contribution in [2.45, 2.75) is 82.3 Å². The smallest absolute Gasteiger partial charge is 0.271 e. The van der Waals surface area contributed by atoms with E-state index in [4.69, 9.17) is 0 Å². The Morgan fingerprint density at radius 1 is 0.833 bits per heavy atom. The third kappa shape index (κ3) is 5.53. The van der Waals surface area contributed by atoms with E-state index in [1.165, 1.54) is 12.8 Å². The molecular weight excluding hydrogens is 448 g/mol. The van der Waals surface area contributed by atoms with Crippen LogP contribution in [0.15, 0.2) is 67.0 Å². The van der Waals surface area contributed by atoms with Crippen LogP contribution in [0.1, 0.15) is 86.3 Å². The summed E-state index contributed by atoms with van der Waals surface area (Å²) in [6.45, 7) is 0. The monoisotopic (exact) mass is 484 g/mol. The van der Waals surface area contributed by atoms with Crippen LogP contribution in [0.25, 0.3) is 11.3 Å². The van der Waals surface area contributed by atoms with Crippen molar-refractivity contribution in [2.24, 2.45) is 0 Å². The molecule has 5 rings (SSSR count). The fourth-order valence-electron chi connectivity index (χ4n) is 5.81. The molecule has 0 bridgehead atoms. The number of rotatable bonds is 7. The molecule has 2 N–H and O–H groups in total. The Hall–Kier alpha value is -3.41. The molecule has 0 saturated heterocycles. The molecule has 2 aromatic heterocycles. The maximum atomic E-state index is 14.2. The van der Waals surface area contributed by atoms with Crippen molar-refractivity contribution in [1.29, 1.82) is 0 Å². The van der Waals surface area contributed by atoms with Crippen LogP contribution < -0.4 is 5.32 Å². The highest BCUT2D eigenvalue weighted by Gasteiger charge is 2.38. The van der Waals surface area contributed by atoms with Crippen LogP contribution in [0.2, 0.25) is 0 Å². The molecule has 2 fully saturated rings. The molecule has 2 aliphatic rings. The highest BCUT2D eigenvalue weighted by Crippen LogP contribution is 2.33. The molecule has 0 spiro atoms. The van der Waals surface area contributed by atoms with Gasteiger partial charge in [-0.05, 0) is 61.1 Å². The summed E-state index contributed by atoms with van der Waals surface area (Å²) in [6, 6.07) is 17.1. The number of carbonyl (C=O) groups is 2. The molecule has 0 aliphatic heterocycles. The molecule has 1 unspecified atom stereocenters. The van der Waals surface area contributed by atoms with Gasteiger partial charge in [-0.25, -0.2) is 0 Å². The van der Waals surface area contributed by atoms with Crippen LogP contribution in [-0.2, 0) is 4.79 Å². The maximum Gasteiger partial charge on any atom is 0.271 e. The van der Waals surface area contributed by atoms with Crippen LogP contribution in [0, 0.1) is 0 Å². The van der Waals surface area contributed by atoms with Gasteiger partial charge in [-0.2, -0.15) is 0 Å². The first-order valence-electron chi connectivity index (χ1n) is 13.5. The lowest BCUT2D eigenvalue weighted by Gasteiger charge is -2.40. The second kappa shape index (κ2) is 11.5. The van der Waals surface area contributed by atoms with E-state index in [1.54, 1.807) is 12.4 Å². The van der Waals surface area contributed by atoms with Gasteiger partial charge in [0.15, 0.2) is 0 Å². The largest absolute Gasteiger partial charge is 0.351 e. The van der Waals surface area contributed by atoms with Gasteiger partial charge in [0, 0.05) is 30.2 Å². The van der Waals surface area contributed by atoms with Gasteiger partial charge in [0.2, 0.25) is 5.91 Å². The standard InChI is InChI=1S/C30H36N4O2/c35-29(32-24-12-6-2-7-13-24)28(23-18-20-31-21-19-23)34(25-14-8-3-9-15-25)30(36)27-17-16-26(33-27)22-10-4-1-5-11-22/h1,4-5,10-11,16-21,24-25,28,33H,2-3,6-9,12-15H2,(H,32,35). The van der Waals surface area contributed by atoms with E-state index in [1.807, 2.05) is 59.5 Å². The summed E-state index contributed by atoms with van der Waals surface area (Å²) in [5, 5.41) is 3.31. The van der Waals surface area contributed by atoms with Gasteiger partial charge >= 0.3 is 0 Å². The number of nitrogens with one attached hydrogen (secondary N) is 2. The van der Waals surface area contributed by atoms with Gasteiger partial charge in [-0.1, -0.05) is 68.9 Å². The summed E-state index contributed by atoms with van der Waals surface area (Å²) in [5.41, 5.74) is 3.26. The summed E-state index contributed by atoms with van der Waals surface area (Å²) in [5.74, 6) is -0.202. The van der Waals surface area contributed by atoms with E-state index >= 15 is 0 Å². The van der Waals surface area contributed by atoms with E-state index in [0.717, 1.165) is 68.2 Å². The van der Waals surface area contributed by atoms with Crippen LogP contribution in [0.5, 0.6) is 0 Å². The molecule has 1 aromatic carbocycles. The molecule has 2 saturated carbocycles. The number of pyridine rings is 1. The van der Waals surface area contributed by atoms with E-state index in [0.29, 0.717) is 5.69 Å². The Morgan fingerprint density at radius 3 is 2.19 bits per heavy atom. The number of aromatic amines is 1. The second-order valence-electron chi connectivity index (χ2n) is 10.2. The first-order valence-corrected chi connectivity index (χ1v) is 13.5. The Morgan fingerprint density at radius 2 is 1.50 bits per heavy atom. The molecule has 2 amide bonds. The molecule has 36 heavy (non-hydrogen) atoms. The van der Waals surface area contributed by atoms with Gasteiger partial charge in [0.05, 0.1) is 0 Å². The van der Waals surface area contributed by atoms with E-state index in [9.17, 15) is 9.59 Å². The molecule has 1 atom stereocenters. The van der Waals surface area contributed by atoms with E-state index in [-0.39, 0.29) is 23.9 Å². The third-order valence-electron chi connectivity index (χ3n) is 7.70. The Bertz CT molecular complexity index is 1130. The van der Waals surface area contributed by atoms with E-state index in [2.05, 4.69) is 15.3 Å². The summed E-state index contributed by atoms with van der Waals surface area (Å²) < 4.78 is 0. The lowest BCUT2D eigenvalue weighted by atomic mass is 9.90. The lowest BCUT2D eigenvalue weighted by Crippen LogP contribution is -2.51.